The molecule has 0 amide bonds. The molecule has 23 heavy (non-hydrogen) atoms. The standard InChI is InChI=1S/C16H21IO6/c1-3-20-5-7-22-15(18)12-9-13(11-14(17)10-12)16(19)23-8-6-21-4-2/h9-11H,3-8H2,1-2H3. The quantitative estimate of drug-likeness (QED) is 0.319. The lowest BCUT2D eigenvalue weighted by Gasteiger charge is -2.08. The summed E-state index contributed by atoms with van der Waals surface area (Å²) in [5.74, 6) is -0.988. The minimum Gasteiger partial charge on any atom is -0.460 e. The van der Waals surface area contributed by atoms with Crippen molar-refractivity contribution in [3.05, 3.63) is 32.9 Å². The number of esters is 2. The summed E-state index contributed by atoms with van der Waals surface area (Å²) in [6.07, 6.45) is 0. The van der Waals surface area contributed by atoms with Gasteiger partial charge in [-0.2, -0.15) is 0 Å². The molecule has 0 unspecified atom stereocenters. The number of ether oxygens (including phenoxy) is 4. The number of hydrogen-bond donors (Lipinski definition) is 0. The Morgan fingerprint density at radius 3 is 1.65 bits per heavy atom. The molecule has 1 aromatic carbocycles. The number of rotatable bonds is 10. The van der Waals surface area contributed by atoms with Crippen LogP contribution in [0.2, 0.25) is 0 Å². The van der Waals surface area contributed by atoms with E-state index in [0.29, 0.717) is 37.6 Å². The molecule has 7 heteroatoms. The molecule has 1 rings (SSSR count). The molecular formula is C16H21IO6. The Kier molecular flexibility index (Phi) is 9.81. The van der Waals surface area contributed by atoms with Gasteiger partial charge in [0.05, 0.1) is 24.3 Å². The van der Waals surface area contributed by atoms with Crippen molar-refractivity contribution in [1.29, 1.82) is 0 Å². The van der Waals surface area contributed by atoms with Crippen LogP contribution >= 0.6 is 22.6 Å². The third-order valence-corrected chi connectivity index (χ3v) is 3.32. The average molecular weight is 436 g/mol. The SMILES string of the molecule is CCOCCOC(=O)c1cc(I)cc(C(=O)OCCOCC)c1. The molecule has 0 saturated carbocycles. The van der Waals surface area contributed by atoms with Gasteiger partial charge in [-0.3, -0.25) is 0 Å². The lowest BCUT2D eigenvalue weighted by molar-refractivity contribution is 0.0331. The second-order valence-electron chi connectivity index (χ2n) is 4.39. The van der Waals surface area contributed by atoms with Crippen molar-refractivity contribution < 1.29 is 28.5 Å². The lowest BCUT2D eigenvalue weighted by Crippen LogP contribution is -2.14. The Labute approximate surface area is 149 Å². The van der Waals surface area contributed by atoms with E-state index in [1.54, 1.807) is 12.1 Å². The zero-order valence-electron chi connectivity index (χ0n) is 13.3. The van der Waals surface area contributed by atoms with E-state index in [1.165, 1.54) is 6.07 Å². The molecule has 0 aliphatic carbocycles. The summed E-state index contributed by atoms with van der Waals surface area (Å²) in [6.45, 7) is 5.90. The molecule has 1 aromatic rings. The Morgan fingerprint density at radius 1 is 0.826 bits per heavy atom. The first-order chi connectivity index (χ1) is 11.1. The molecule has 0 heterocycles. The fourth-order valence-electron chi connectivity index (χ4n) is 1.67. The topological polar surface area (TPSA) is 71.1 Å². The highest BCUT2D eigenvalue weighted by atomic mass is 127. The Morgan fingerprint density at radius 2 is 1.26 bits per heavy atom. The van der Waals surface area contributed by atoms with Crippen molar-refractivity contribution in [1.82, 2.24) is 0 Å². The van der Waals surface area contributed by atoms with Crippen LogP contribution in [-0.2, 0) is 18.9 Å². The molecule has 0 aliphatic rings. The molecule has 0 aliphatic heterocycles. The van der Waals surface area contributed by atoms with Crippen LogP contribution in [0, 0.1) is 3.57 Å². The number of hydrogen-bond acceptors (Lipinski definition) is 6. The summed E-state index contributed by atoms with van der Waals surface area (Å²) in [7, 11) is 0. The highest BCUT2D eigenvalue weighted by Gasteiger charge is 2.14. The van der Waals surface area contributed by atoms with Crippen LogP contribution in [0.5, 0.6) is 0 Å². The van der Waals surface area contributed by atoms with Crippen molar-refractivity contribution >= 4 is 34.5 Å². The van der Waals surface area contributed by atoms with E-state index >= 15 is 0 Å². The average Bonchev–Trinajstić information content (AvgIpc) is 2.54. The third kappa shape index (κ3) is 7.76. The van der Waals surface area contributed by atoms with Crippen molar-refractivity contribution in [2.24, 2.45) is 0 Å². The summed E-state index contributed by atoms with van der Waals surface area (Å²) in [5.41, 5.74) is 0.621. The van der Waals surface area contributed by atoms with E-state index in [1.807, 2.05) is 36.4 Å². The Bertz CT molecular complexity index is 475. The molecule has 0 saturated heterocycles. The van der Waals surface area contributed by atoms with E-state index in [0.717, 1.165) is 3.57 Å². The number of carbonyl (C=O) groups excluding carboxylic acids is 2. The van der Waals surface area contributed by atoms with E-state index < -0.39 is 11.9 Å². The molecule has 0 spiro atoms. The smallest absolute Gasteiger partial charge is 0.338 e. The molecule has 0 N–H and O–H groups in total. The van der Waals surface area contributed by atoms with Gasteiger partial charge in [-0.15, -0.1) is 0 Å². The predicted octanol–water partition coefficient (Wildman–Crippen LogP) is 2.68. The van der Waals surface area contributed by atoms with Gasteiger partial charge in [-0.1, -0.05) is 0 Å². The highest BCUT2D eigenvalue weighted by molar-refractivity contribution is 14.1. The summed E-state index contributed by atoms with van der Waals surface area (Å²) in [6, 6.07) is 4.77. The highest BCUT2D eigenvalue weighted by Crippen LogP contribution is 2.15. The van der Waals surface area contributed by atoms with Gasteiger partial charge in [0.15, 0.2) is 0 Å². The van der Waals surface area contributed by atoms with Gasteiger partial charge >= 0.3 is 11.9 Å². The zero-order valence-corrected chi connectivity index (χ0v) is 15.5. The maximum absolute atomic E-state index is 12.0. The third-order valence-electron chi connectivity index (χ3n) is 2.70. The minimum atomic E-state index is -0.494. The second-order valence-corrected chi connectivity index (χ2v) is 5.64. The largest absolute Gasteiger partial charge is 0.460 e. The van der Waals surface area contributed by atoms with Crippen LogP contribution < -0.4 is 0 Å². The van der Waals surface area contributed by atoms with Crippen LogP contribution in [-0.4, -0.2) is 51.6 Å². The van der Waals surface area contributed by atoms with Gasteiger partial charge in [-0.25, -0.2) is 9.59 Å². The number of benzene rings is 1. The van der Waals surface area contributed by atoms with E-state index in [2.05, 4.69) is 0 Å². The van der Waals surface area contributed by atoms with Gasteiger partial charge in [0, 0.05) is 16.8 Å². The summed E-state index contributed by atoms with van der Waals surface area (Å²) >= 11 is 2.03. The van der Waals surface area contributed by atoms with Gasteiger partial charge in [0.2, 0.25) is 0 Å². The zero-order chi connectivity index (χ0) is 17.1. The van der Waals surface area contributed by atoms with E-state index in [4.69, 9.17) is 18.9 Å². The minimum absolute atomic E-state index is 0.173. The van der Waals surface area contributed by atoms with Gasteiger partial charge in [-0.05, 0) is 54.6 Å². The van der Waals surface area contributed by atoms with Crippen molar-refractivity contribution in [3.63, 3.8) is 0 Å². The first kappa shape index (κ1) is 19.9. The van der Waals surface area contributed by atoms with Crippen molar-refractivity contribution in [2.45, 2.75) is 13.8 Å². The van der Waals surface area contributed by atoms with E-state index in [9.17, 15) is 9.59 Å². The van der Waals surface area contributed by atoms with Crippen LogP contribution in [0.1, 0.15) is 34.6 Å². The van der Waals surface area contributed by atoms with Crippen LogP contribution in [0.3, 0.4) is 0 Å². The van der Waals surface area contributed by atoms with Crippen LogP contribution in [0.4, 0.5) is 0 Å². The first-order valence-electron chi connectivity index (χ1n) is 7.38. The number of carbonyl (C=O) groups is 2. The predicted molar refractivity (Wildman–Crippen MR) is 92.7 cm³/mol. The van der Waals surface area contributed by atoms with Crippen molar-refractivity contribution in [2.75, 3.05) is 39.6 Å². The van der Waals surface area contributed by atoms with Crippen molar-refractivity contribution in [3.8, 4) is 0 Å². The second kappa shape index (κ2) is 11.4. The number of halogens is 1. The van der Waals surface area contributed by atoms with Gasteiger partial charge in [0.25, 0.3) is 0 Å². The fraction of sp³-hybridized carbons (Fsp3) is 0.500. The Balaban J connectivity index is 2.63. The van der Waals surface area contributed by atoms with E-state index in [-0.39, 0.29) is 13.2 Å². The van der Waals surface area contributed by atoms with Crippen LogP contribution in [0.25, 0.3) is 0 Å². The maximum Gasteiger partial charge on any atom is 0.338 e. The summed E-state index contributed by atoms with van der Waals surface area (Å²) in [5, 5.41) is 0. The molecule has 128 valence electrons. The fourth-order valence-corrected chi connectivity index (χ4v) is 2.34. The molecule has 0 atom stereocenters. The normalized spacial score (nSPS) is 10.4. The Hall–Kier alpha value is -1.19. The monoisotopic (exact) mass is 436 g/mol. The molecular weight excluding hydrogens is 415 g/mol. The lowest BCUT2D eigenvalue weighted by atomic mass is 10.1. The molecule has 0 aromatic heterocycles. The molecule has 0 radical (unpaired) electrons. The molecule has 0 fully saturated rings. The maximum atomic E-state index is 12.0. The molecule has 0 bridgehead atoms. The molecule has 6 nitrogen and oxygen atoms in total. The summed E-state index contributed by atoms with van der Waals surface area (Å²) in [4.78, 5) is 24.0. The van der Waals surface area contributed by atoms with Gasteiger partial charge in [0.1, 0.15) is 13.2 Å². The van der Waals surface area contributed by atoms with Gasteiger partial charge < -0.3 is 18.9 Å². The van der Waals surface area contributed by atoms with Crippen LogP contribution in [0.15, 0.2) is 18.2 Å². The first-order valence-corrected chi connectivity index (χ1v) is 8.46. The summed E-state index contributed by atoms with van der Waals surface area (Å²) < 4.78 is 21.1.